The zero-order chi connectivity index (χ0) is 12.9. The first kappa shape index (κ1) is 11.9. The predicted octanol–water partition coefficient (Wildman–Crippen LogP) is 2.42. The van der Waals surface area contributed by atoms with Crippen LogP contribution >= 0.6 is 0 Å². The third-order valence-corrected chi connectivity index (χ3v) is 5.13. The van der Waals surface area contributed by atoms with E-state index in [1.54, 1.807) is 6.92 Å². The molecule has 4 bridgehead atoms. The molecule has 0 aromatic carbocycles. The first-order chi connectivity index (χ1) is 8.48. The van der Waals surface area contributed by atoms with Crippen molar-refractivity contribution in [3.8, 4) is 0 Å². The summed E-state index contributed by atoms with van der Waals surface area (Å²) in [5.74, 6) is 1.83. The van der Waals surface area contributed by atoms with Crippen molar-refractivity contribution < 1.29 is 9.59 Å². The van der Waals surface area contributed by atoms with E-state index in [1.165, 1.54) is 19.3 Å². The van der Waals surface area contributed by atoms with E-state index in [1.807, 2.05) is 0 Å². The fourth-order valence-electron chi connectivity index (χ4n) is 4.73. The minimum atomic E-state index is -0.309. The summed E-state index contributed by atoms with van der Waals surface area (Å²) in [5.41, 5.74) is 0.174. The molecule has 4 aliphatic rings. The van der Waals surface area contributed by atoms with Crippen molar-refractivity contribution in [2.75, 3.05) is 0 Å². The smallest absolute Gasteiger partial charge is 0.252 e. The second-order valence-electron chi connectivity index (χ2n) is 6.76. The van der Waals surface area contributed by atoms with E-state index in [4.69, 9.17) is 0 Å². The van der Waals surface area contributed by atoms with Crippen LogP contribution in [0.2, 0.25) is 0 Å². The highest BCUT2D eigenvalue weighted by Gasteiger charge is 2.54. The summed E-state index contributed by atoms with van der Waals surface area (Å²) in [6.45, 7) is 5.23. The fraction of sp³-hybridized carbons (Fsp3) is 0.733. The monoisotopic (exact) mass is 247 g/mol. The largest absolute Gasteiger partial charge is 0.292 e. The lowest BCUT2D eigenvalue weighted by Crippen LogP contribution is -2.54. The number of hydrogen-bond donors (Lipinski definition) is 1. The molecule has 0 radical (unpaired) electrons. The van der Waals surface area contributed by atoms with Gasteiger partial charge in [-0.2, -0.15) is 0 Å². The summed E-state index contributed by atoms with van der Waals surface area (Å²) in [7, 11) is 0. The number of carbonyl (C=O) groups excluding carboxylic acids is 2. The Balaban J connectivity index is 1.77. The molecule has 1 N–H and O–H groups in total. The molecule has 0 aromatic rings. The van der Waals surface area contributed by atoms with E-state index < -0.39 is 0 Å². The summed E-state index contributed by atoms with van der Waals surface area (Å²) in [6, 6.07) is 0. The number of amides is 2. The van der Waals surface area contributed by atoms with E-state index in [0.29, 0.717) is 5.57 Å². The number of rotatable bonds is 2. The molecule has 4 fully saturated rings. The van der Waals surface area contributed by atoms with Crippen LogP contribution in [0.3, 0.4) is 0 Å². The minimum Gasteiger partial charge on any atom is -0.292 e. The highest BCUT2D eigenvalue weighted by molar-refractivity contribution is 6.05. The molecule has 0 aromatic heterocycles. The Hall–Kier alpha value is -1.12. The van der Waals surface area contributed by atoms with Crippen LogP contribution in [0.4, 0.5) is 0 Å². The van der Waals surface area contributed by atoms with E-state index in [-0.39, 0.29) is 17.2 Å². The highest BCUT2D eigenvalue weighted by atomic mass is 16.2. The standard InChI is InChI=1S/C15H21NO2/c1-9(2)13(17)16-14(18)15-6-10-3-11(7-15)5-12(4-10)8-15/h10-12H,1,3-8H2,2H3,(H,16,17,18). The van der Waals surface area contributed by atoms with Crippen LogP contribution in [0.25, 0.3) is 0 Å². The average Bonchev–Trinajstić information content (AvgIpc) is 2.26. The van der Waals surface area contributed by atoms with Crippen LogP contribution in [0, 0.1) is 23.2 Å². The molecule has 4 rings (SSSR count). The Morgan fingerprint density at radius 2 is 1.50 bits per heavy atom. The number of hydrogen-bond acceptors (Lipinski definition) is 2. The maximum atomic E-state index is 12.4. The summed E-state index contributed by atoms with van der Waals surface area (Å²) < 4.78 is 0. The molecule has 0 saturated heterocycles. The topological polar surface area (TPSA) is 46.2 Å². The molecule has 0 heterocycles. The predicted molar refractivity (Wildman–Crippen MR) is 68.6 cm³/mol. The van der Waals surface area contributed by atoms with Crippen molar-refractivity contribution in [3.05, 3.63) is 12.2 Å². The SMILES string of the molecule is C=C(C)C(=O)NC(=O)C12CC3CC(CC(C3)C1)C2. The minimum absolute atomic E-state index is 0.0328. The van der Waals surface area contributed by atoms with Gasteiger partial charge in [0.05, 0.1) is 5.41 Å². The van der Waals surface area contributed by atoms with Gasteiger partial charge >= 0.3 is 0 Å². The van der Waals surface area contributed by atoms with E-state index in [0.717, 1.165) is 37.0 Å². The normalized spacial score (nSPS) is 40.6. The lowest BCUT2D eigenvalue weighted by Gasteiger charge is -2.55. The summed E-state index contributed by atoms with van der Waals surface area (Å²) >= 11 is 0. The Kier molecular flexibility index (Phi) is 2.61. The maximum absolute atomic E-state index is 12.4. The van der Waals surface area contributed by atoms with Gasteiger partial charge in [-0.25, -0.2) is 0 Å². The van der Waals surface area contributed by atoms with Crippen molar-refractivity contribution in [3.63, 3.8) is 0 Å². The third kappa shape index (κ3) is 1.80. The molecular formula is C15H21NO2. The van der Waals surface area contributed by atoms with Crippen LogP contribution in [-0.4, -0.2) is 11.8 Å². The van der Waals surface area contributed by atoms with Gasteiger partial charge in [0, 0.05) is 5.57 Å². The Morgan fingerprint density at radius 1 is 1.06 bits per heavy atom. The molecule has 0 atom stereocenters. The quantitative estimate of drug-likeness (QED) is 0.762. The van der Waals surface area contributed by atoms with Crippen LogP contribution in [0.5, 0.6) is 0 Å². The Bertz CT molecular complexity index is 389. The molecule has 3 nitrogen and oxygen atoms in total. The second-order valence-corrected chi connectivity index (χ2v) is 6.76. The van der Waals surface area contributed by atoms with Crippen LogP contribution in [-0.2, 0) is 9.59 Å². The van der Waals surface area contributed by atoms with Crippen molar-refractivity contribution in [1.29, 1.82) is 0 Å². The molecule has 98 valence electrons. The Labute approximate surface area is 108 Å². The van der Waals surface area contributed by atoms with E-state index in [9.17, 15) is 9.59 Å². The zero-order valence-electron chi connectivity index (χ0n) is 11.0. The lowest BCUT2D eigenvalue weighted by atomic mass is 9.49. The van der Waals surface area contributed by atoms with Crippen LogP contribution in [0.1, 0.15) is 45.4 Å². The molecule has 18 heavy (non-hydrogen) atoms. The van der Waals surface area contributed by atoms with Crippen molar-refractivity contribution in [1.82, 2.24) is 5.32 Å². The van der Waals surface area contributed by atoms with Crippen molar-refractivity contribution >= 4 is 11.8 Å². The molecule has 4 aliphatic carbocycles. The highest BCUT2D eigenvalue weighted by Crippen LogP contribution is 2.60. The summed E-state index contributed by atoms with van der Waals surface area (Å²) in [5, 5.41) is 2.56. The first-order valence-corrected chi connectivity index (χ1v) is 7.00. The lowest BCUT2D eigenvalue weighted by molar-refractivity contribution is -0.148. The molecule has 0 unspecified atom stereocenters. The van der Waals surface area contributed by atoms with Gasteiger partial charge < -0.3 is 0 Å². The van der Waals surface area contributed by atoms with Gasteiger partial charge in [0.15, 0.2) is 0 Å². The van der Waals surface area contributed by atoms with Gasteiger partial charge in [0.1, 0.15) is 0 Å². The van der Waals surface area contributed by atoms with Gasteiger partial charge in [0.2, 0.25) is 5.91 Å². The van der Waals surface area contributed by atoms with E-state index in [2.05, 4.69) is 11.9 Å². The maximum Gasteiger partial charge on any atom is 0.252 e. The first-order valence-electron chi connectivity index (χ1n) is 7.00. The van der Waals surface area contributed by atoms with E-state index >= 15 is 0 Å². The summed E-state index contributed by atoms with van der Waals surface area (Å²) in [4.78, 5) is 24.1. The molecule has 2 amide bonds. The van der Waals surface area contributed by atoms with Crippen LogP contribution in [0.15, 0.2) is 12.2 Å². The van der Waals surface area contributed by atoms with Crippen LogP contribution < -0.4 is 5.32 Å². The molecule has 3 heteroatoms. The van der Waals surface area contributed by atoms with Crippen molar-refractivity contribution in [2.24, 2.45) is 23.2 Å². The molecule has 0 spiro atoms. The van der Waals surface area contributed by atoms with Gasteiger partial charge in [-0.1, -0.05) is 6.58 Å². The number of imide groups is 1. The second kappa shape index (κ2) is 3.94. The van der Waals surface area contributed by atoms with Gasteiger partial charge in [-0.05, 0) is 63.2 Å². The summed E-state index contributed by atoms with van der Waals surface area (Å²) in [6.07, 6.45) is 6.90. The number of nitrogens with one attached hydrogen (secondary N) is 1. The van der Waals surface area contributed by atoms with Gasteiger partial charge in [-0.15, -0.1) is 0 Å². The average molecular weight is 247 g/mol. The zero-order valence-corrected chi connectivity index (χ0v) is 11.0. The van der Waals surface area contributed by atoms with Crippen molar-refractivity contribution in [2.45, 2.75) is 45.4 Å². The molecule has 0 aliphatic heterocycles. The third-order valence-electron chi connectivity index (χ3n) is 5.13. The van der Waals surface area contributed by atoms with Gasteiger partial charge in [-0.3, -0.25) is 14.9 Å². The molecular weight excluding hydrogens is 226 g/mol. The van der Waals surface area contributed by atoms with Gasteiger partial charge in [0.25, 0.3) is 5.91 Å². The molecule has 4 saturated carbocycles. The number of carbonyl (C=O) groups is 2. The fourth-order valence-corrected chi connectivity index (χ4v) is 4.73. The Morgan fingerprint density at radius 3 is 1.89 bits per heavy atom.